The van der Waals surface area contributed by atoms with Crippen molar-refractivity contribution in [1.82, 2.24) is 0 Å². The first-order valence-corrected chi connectivity index (χ1v) is 10.4. The first kappa shape index (κ1) is 24.6. The number of unbranched alkanes of at least 4 members (excludes halogenated alkanes) is 5. The Morgan fingerprint density at radius 2 is 1.67 bits per heavy atom. The number of aryl methyl sites for hydroxylation is 1. The molecule has 2 aromatic carbocycles. The fraction of sp³-hybridized carbons (Fsp3) is 0.400. The molecule has 0 radical (unpaired) electrons. The van der Waals surface area contributed by atoms with E-state index >= 15 is 0 Å². The molecule has 0 aliphatic carbocycles. The Bertz CT molecular complexity index is 821. The molecule has 142 valence electrons. The van der Waals surface area contributed by atoms with E-state index in [0.717, 1.165) is 19.3 Å². The summed E-state index contributed by atoms with van der Waals surface area (Å²) in [6.45, 7) is 2.16. The Kier molecular flexibility index (Phi) is 11.1. The average Bonchev–Trinajstić information content (AvgIpc) is 2.57. The van der Waals surface area contributed by atoms with Gasteiger partial charge in [-0.15, -0.1) is 5.75 Å². The molecule has 27 heavy (non-hydrogen) atoms. The van der Waals surface area contributed by atoms with E-state index < -0.39 is 10.1 Å². The van der Waals surface area contributed by atoms with Crippen LogP contribution in [-0.2, 0) is 16.5 Å². The van der Waals surface area contributed by atoms with E-state index in [1.807, 2.05) is 0 Å². The van der Waals surface area contributed by atoms with Gasteiger partial charge in [0.05, 0.1) is 0 Å². The fourth-order valence-electron chi connectivity index (χ4n) is 2.89. The summed E-state index contributed by atoms with van der Waals surface area (Å²) in [5, 5.41) is 11.4. The zero-order chi connectivity index (χ0) is 19.0. The standard InChI is InChI=1S/C20H26O5S.K/c1-2-3-4-5-6-7-10-16-11-8-14-19(20(16)26(22,23)24)25-18-13-9-12-17(21)15-18;/h8-9,11-15,21H,2-7,10H2,1H3,(H,22,23,24);/q;+1/p-1. The van der Waals surface area contributed by atoms with Crippen molar-refractivity contribution in [2.24, 2.45) is 0 Å². The maximum atomic E-state index is 11.9. The SMILES string of the molecule is CCCCCCCCc1cccc(Oc2cccc([O-])c2)c1S(=O)(=O)O.[K+]. The van der Waals surface area contributed by atoms with Gasteiger partial charge in [0.2, 0.25) is 0 Å². The summed E-state index contributed by atoms with van der Waals surface area (Å²) >= 11 is 0. The molecule has 2 rings (SSSR count). The van der Waals surface area contributed by atoms with Gasteiger partial charge < -0.3 is 9.84 Å². The largest absolute Gasteiger partial charge is 1.00 e. The fourth-order valence-corrected chi connectivity index (χ4v) is 3.76. The molecule has 0 bridgehead atoms. The van der Waals surface area contributed by atoms with Crippen LogP contribution in [0.2, 0.25) is 0 Å². The van der Waals surface area contributed by atoms with Crippen LogP contribution in [-0.4, -0.2) is 13.0 Å². The molecule has 0 aliphatic heterocycles. The number of rotatable bonds is 10. The van der Waals surface area contributed by atoms with E-state index in [-0.39, 0.29) is 73.5 Å². The second kappa shape index (κ2) is 12.2. The minimum absolute atomic E-state index is 0. The van der Waals surface area contributed by atoms with Gasteiger partial charge in [-0.2, -0.15) is 8.42 Å². The van der Waals surface area contributed by atoms with Gasteiger partial charge in [0.25, 0.3) is 10.1 Å². The second-order valence-electron chi connectivity index (χ2n) is 6.31. The van der Waals surface area contributed by atoms with Crippen molar-refractivity contribution in [2.45, 2.75) is 56.8 Å². The average molecular weight is 417 g/mol. The molecule has 2 aromatic rings. The molecule has 0 heterocycles. The maximum Gasteiger partial charge on any atom is 1.00 e. The van der Waals surface area contributed by atoms with Crippen molar-refractivity contribution in [1.29, 1.82) is 0 Å². The summed E-state index contributed by atoms with van der Waals surface area (Å²) in [5.41, 5.74) is 0.527. The third-order valence-electron chi connectivity index (χ3n) is 4.15. The predicted molar refractivity (Wildman–Crippen MR) is 99.3 cm³/mol. The molecule has 0 spiro atoms. The van der Waals surface area contributed by atoms with Crippen LogP contribution in [0.15, 0.2) is 47.4 Å². The second-order valence-corrected chi connectivity index (χ2v) is 7.67. The van der Waals surface area contributed by atoms with Gasteiger partial charge in [-0.25, -0.2) is 0 Å². The molecule has 0 unspecified atom stereocenters. The van der Waals surface area contributed by atoms with Gasteiger partial charge in [-0.05, 0) is 36.6 Å². The number of hydrogen-bond donors (Lipinski definition) is 1. The number of ether oxygens (including phenoxy) is 1. The summed E-state index contributed by atoms with van der Waals surface area (Å²) in [6.07, 6.45) is 7.06. The minimum atomic E-state index is -4.45. The van der Waals surface area contributed by atoms with Gasteiger partial charge in [-0.3, -0.25) is 4.55 Å². The van der Waals surface area contributed by atoms with E-state index in [0.29, 0.717) is 12.0 Å². The Morgan fingerprint density at radius 3 is 2.33 bits per heavy atom. The van der Waals surface area contributed by atoms with Crippen molar-refractivity contribution in [2.75, 3.05) is 0 Å². The van der Waals surface area contributed by atoms with Crippen LogP contribution >= 0.6 is 0 Å². The quantitative estimate of drug-likeness (QED) is 0.362. The molecule has 7 heteroatoms. The molecule has 1 N–H and O–H groups in total. The van der Waals surface area contributed by atoms with Crippen molar-refractivity contribution < 1.29 is 74.2 Å². The maximum absolute atomic E-state index is 11.9. The van der Waals surface area contributed by atoms with E-state index in [2.05, 4.69) is 6.92 Å². The van der Waals surface area contributed by atoms with Crippen molar-refractivity contribution in [3.8, 4) is 17.2 Å². The van der Waals surface area contributed by atoms with Crippen LogP contribution in [0.1, 0.15) is 51.0 Å². The van der Waals surface area contributed by atoms with Gasteiger partial charge in [0, 0.05) is 0 Å². The molecule has 0 saturated carbocycles. The topological polar surface area (TPSA) is 86.7 Å². The third-order valence-corrected chi connectivity index (χ3v) is 5.13. The Balaban J connectivity index is 0.00000364. The predicted octanol–water partition coefficient (Wildman–Crippen LogP) is 1.71. The zero-order valence-corrected chi connectivity index (χ0v) is 19.9. The smallest absolute Gasteiger partial charge is 0.872 e. The van der Waals surface area contributed by atoms with Crippen LogP contribution in [0, 0.1) is 0 Å². The van der Waals surface area contributed by atoms with Crippen LogP contribution in [0.25, 0.3) is 0 Å². The van der Waals surface area contributed by atoms with Crippen LogP contribution < -0.4 is 61.2 Å². The van der Waals surface area contributed by atoms with E-state index in [9.17, 15) is 18.1 Å². The summed E-state index contributed by atoms with van der Waals surface area (Å²) in [7, 11) is -4.45. The Morgan fingerprint density at radius 1 is 1.00 bits per heavy atom. The third kappa shape index (κ3) is 8.23. The molecule has 0 amide bonds. The van der Waals surface area contributed by atoms with E-state index in [1.54, 1.807) is 18.2 Å². The zero-order valence-electron chi connectivity index (χ0n) is 16.0. The molecule has 0 saturated heterocycles. The van der Waals surface area contributed by atoms with Crippen molar-refractivity contribution >= 4 is 10.1 Å². The minimum Gasteiger partial charge on any atom is -0.872 e. The Labute approximate surface area is 204 Å². The van der Waals surface area contributed by atoms with Gasteiger partial charge in [-0.1, -0.05) is 63.3 Å². The monoisotopic (exact) mass is 416 g/mol. The first-order valence-electron chi connectivity index (χ1n) is 8.96. The molecule has 0 fully saturated rings. The molecule has 5 nitrogen and oxygen atoms in total. The molecule has 0 atom stereocenters. The summed E-state index contributed by atoms with van der Waals surface area (Å²) in [4.78, 5) is -0.218. The summed E-state index contributed by atoms with van der Waals surface area (Å²) in [5.74, 6) is 0.0276. The van der Waals surface area contributed by atoms with Gasteiger partial charge >= 0.3 is 51.4 Å². The molecule has 0 aromatic heterocycles. The normalized spacial score (nSPS) is 11.0. The summed E-state index contributed by atoms with van der Waals surface area (Å²) in [6, 6.07) is 10.6. The van der Waals surface area contributed by atoms with Crippen molar-refractivity contribution in [3.05, 3.63) is 48.0 Å². The van der Waals surface area contributed by atoms with Gasteiger partial charge in [0.15, 0.2) is 0 Å². The van der Waals surface area contributed by atoms with Crippen LogP contribution in [0.5, 0.6) is 17.2 Å². The van der Waals surface area contributed by atoms with Crippen LogP contribution in [0.4, 0.5) is 0 Å². The molecular weight excluding hydrogens is 391 g/mol. The Hall–Kier alpha value is -0.414. The first-order chi connectivity index (χ1) is 12.4. The van der Waals surface area contributed by atoms with E-state index in [1.165, 1.54) is 43.5 Å². The van der Waals surface area contributed by atoms with Crippen LogP contribution in [0.3, 0.4) is 0 Å². The molecule has 0 aliphatic rings. The van der Waals surface area contributed by atoms with E-state index in [4.69, 9.17) is 4.74 Å². The number of benzene rings is 2. The van der Waals surface area contributed by atoms with Crippen molar-refractivity contribution in [3.63, 3.8) is 0 Å². The number of hydrogen-bond acceptors (Lipinski definition) is 4. The summed E-state index contributed by atoms with van der Waals surface area (Å²) < 4.78 is 39.1. The van der Waals surface area contributed by atoms with Gasteiger partial charge in [0.1, 0.15) is 16.4 Å². The molecular formula is C20H25KO5S.